The summed E-state index contributed by atoms with van der Waals surface area (Å²) in [6, 6.07) is 8.30. The lowest BCUT2D eigenvalue weighted by Gasteiger charge is -1.88. The Kier molecular flexibility index (Phi) is 10.0. The zero-order valence-electron chi connectivity index (χ0n) is 8.02. The van der Waals surface area contributed by atoms with Crippen LogP contribution >= 0.6 is 0 Å². The lowest BCUT2D eigenvalue weighted by Crippen LogP contribution is -1.93. The van der Waals surface area contributed by atoms with Crippen LogP contribution in [0.25, 0.3) is 0 Å². The van der Waals surface area contributed by atoms with Gasteiger partial charge in [0.05, 0.1) is 5.56 Å². The highest BCUT2D eigenvalue weighted by molar-refractivity contribution is 5.87. The standard InChI is InChI=1S/C7H6O2.C3H7N.H3N/c8-7(9)6-4-2-1-3-5-6;1-2-3-4;/h1-5H,(H,8,9);2H,1,3-4H2;1H3. The van der Waals surface area contributed by atoms with Crippen molar-refractivity contribution in [3.8, 4) is 0 Å². The third-order valence-electron chi connectivity index (χ3n) is 1.19. The van der Waals surface area contributed by atoms with Crippen molar-refractivity contribution >= 4 is 5.97 Å². The van der Waals surface area contributed by atoms with Gasteiger partial charge in [-0.25, -0.2) is 4.79 Å². The molecule has 0 saturated carbocycles. The number of benzene rings is 1. The highest BCUT2D eigenvalue weighted by Crippen LogP contribution is 1.96. The first-order valence-corrected chi connectivity index (χ1v) is 3.81. The van der Waals surface area contributed by atoms with E-state index < -0.39 is 5.97 Å². The molecule has 4 heteroatoms. The average Bonchev–Trinajstić information content (AvgIpc) is 2.19. The first-order chi connectivity index (χ1) is 6.22. The monoisotopic (exact) mass is 196 g/mol. The molecule has 0 aliphatic heterocycles. The van der Waals surface area contributed by atoms with Crippen LogP contribution in [-0.2, 0) is 0 Å². The van der Waals surface area contributed by atoms with Crippen LogP contribution in [0, 0.1) is 0 Å². The fourth-order valence-electron chi connectivity index (χ4n) is 0.581. The predicted octanol–water partition coefficient (Wildman–Crippen LogP) is 1.68. The van der Waals surface area contributed by atoms with E-state index in [2.05, 4.69) is 6.58 Å². The number of carboxylic acids is 1. The molecule has 14 heavy (non-hydrogen) atoms. The van der Waals surface area contributed by atoms with Crippen molar-refractivity contribution in [3.63, 3.8) is 0 Å². The fourth-order valence-corrected chi connectivity index (χ4v) is 0.581. The van der Waals surface area contributed by atoms with Crippen LogP contribution in [0.3, 0.4) is 0 Å². The van der Waals surface area contributed by atoms with Crippen molar-refractivity contribution in [2.75, 3.05) is 6.54 Å². The molecule has 0 amide bonds. The third-order valence-corrected chi connectivity index (χ3v) is 1.19. The maximum absolute atomic E-state index is 10.2. The molecule has 0 spiro atoms. The lowest BCUT2D eigenvalue weighted by atomic mass is 10.2. The van der Waals surface area contributed by atoms with Crippen LogP contribution in [0.15, 0.2) is 43.0 Å². The number of nitrogens with two attached hydrogens (primary N) is 1. The van der Waals surface area contributed by atoms with Crippen LogP contribution in [0.5, 0.6) is 0 Å². The van der Waals surface area contributed by atoms with Crippen molar-refractivity contribution < 1.29 is 9.90 Å². The van der Waals surface area contributed by atoms with E-state index in [4.69, 9.17) is 10.8 Å². The van der Waals surface area contributed by atoms with Gasteiger partial charge in [0.25, 0.3) is 0 Å². The number of hydrogen-bond donors (Lipinski definition) is 3. The number of carboxylic acid groups (broad SMARTS) is 1. The second kappa shape index (κ2) is 9.44. The second-order valence-electron chi connectivity index (χ2n) is 2.20. The van der Waals surface area contributed by atoms with E-state index in [1.807, 2.05) is 0 Å². The number of aromatic carboxylic acids is 1. The molecule has 0 atom stereocenters. The van der Waals surface area contributed by atoms with Gasteiger partial charge >= 0.3 is 5.97 Å². The minimum atomic E-state index is -0.879. The van der Waals surface area contributed by atoms with Gasteiger partial charge in [0.1, 0.15) is 0 Å². The maximum Gasteiger partial charge on any atom is 0.335 e. The molecule has 0 fully saturated rings. The van der Waals surface area contributed by atoms with Crippen LogP contribution in [0.2, 0.25) is 0 Å². The van der Waals surface area contributed by atoms with Crippen molar-refractivity contribution in [2.24, 2.45) is 5.73 Å². The average molecular weight is 196 g/mol. The predicted molar refractivity (Wildman–Crippen MR) is 57.7 cm³/mol. The van der Waals surface area contributed by atoms with Gasteiger partial charge in [-0.2, -0.15) is 0 Å². The molecule has 0 aliphatic rings. The van der Waals surface area contributed by atoms with E-state index in [1.165, 1.54) is 0 Å². The second-order valence-corrected chi connectivity index (χ2v) is 2.20. The van der Waals surface area contributed by atoms with E-state index in [0.717, 1.165) is 0 Å². The fraction of sp³-hybridized carbons (Fsp3) is 0.100. The first kappa shape index (κ1) is 14.9. The Morgan fingerprint density at radius 3 is 2.07 bits per heavy atom. The van der Waals surface area contributed by atoms with E-state index in [-0.39, 0.29) is 6.15 Å². The molecule has 4 nitrogen and oxygen atoms in total. The molecule has 6 N–H and O–H groups in total. The minimum absolute atomic E-state index is 0. The Bertz CT molecular complexity index is 260. The molecule has 1 rings (SSSR count). The van der Waals surface area contributed by atoms with E-state index in [1.54, 1.807) is 36.4 Å². The molecule has 0 unspecified atom stereocenters. The molecular weight excluding hydrogens is 180 g/mol. The van der Waals surface area contributed by atoms with Gasteiger partial charge in [-0.3, -0.25) is 0 Å². The molecular formula is C10H16N2O2. The normalized spacial score (nSPS) is 7.50. The van der Waals surface area contributed by atoms with E-state index in [9.17, 15) is 4.79 Å². The first-order valence-electron chi connectivity index (χ1n) is 3.81. The Hall–Kier alpha value is -1.65. The van der Waals surface area contributed by atoms with Gasteiger partial charge in [-0.15, -0.1) is 6.58 Å². The number of hydrogen-bond acceptors (Lipinski definition) is 3. The van der Waals surface area contributed by atoms with Crippen LogP contribution < -0.4 is 11.9 Å². The molecule has 0 bridgehead atoms. The smallest absolute Gasteiger partial charge is 0.335 e. The maximum atomic E-state index is 10.2. The van der Waals surface area contributed by atoms with Crippen LogP contribution in [0.4, 0.5) is 0 Å². The topological polar surface area (TPSA) is 98.3 Å². The zero-order chi connectivity index (χ0) is 10.1. The van der Waals surface area contributed by atoms with Crippen molar-refractivity contribution in [1.82, 2.24) is 6.15 Å². The highest BCUT2D eigenvalue weighted by atomic mass is 16.4. The minimum Gasteiger partial charge on any atom is -0.478 e. The summed E-state index contributed by atoms with van der Waals surface area (Å²) in [6.45, 7) is 3.94. The summed E-state index contributed by atoms with van der Waals surface area (Å²) in [5.41, 5.74) is 5.24. The van der Waals surface area contributed by atoms with Gasteiger partial charge < -0.3 is 17.0 Å². The quantitative estimate of drug-likeness (QED) is 0.626. The van der Waals surface area contributed by atoms with Crippen molar-refractivity contribution in [2.45, 2.75) is 0 Å². The van der Waals surface area contributed by atoms with Gasteiger partial charge in [-0.05, 0) is 12.1 Å². The summed E-state index contributed by atoms with van der Waals surface area (Å²) < 4.78 is 0. The van der Waals surface area contributed by atoms with Crippen LogP contribution in [-0.4, -0.2) is 17.6 Å². The summed E-state index contributed by atoms with van der Waals surface area (Å²) >= 11 is 0. The SMILES string of the molecule is C=CCN.N.O=C(O)c1ccccc1. The summed E-state index contributed by atoms with van der Waals surface area (Å²) in [5.74, 6) is -0.879. The van der Waals surface area contributed by atoms with Gasteiger partial charge in [-0.1, -0.05) is 24.3 Å². The van der Waals surface area contributed by atoms with Gasteiger partial charge in [0.15, 0.2) is 0 Å². The van der Waals surface area contributed by atoms with Crippen molar-refractivity contribution in [1.29, 1.82) is 0 Å². The zero-order valence-corrected chi connectivity index (χ0v) is 8.02. The molecule has 78 valence electrons. The van der Waals surface area contributed by atoms with Crippen LogP contribution in [0.1, 0.15) is 10.4 Å². The third kappa shape index (κ3) is 7.02. The summed E-state index contributed by atoms with van der Waals surface area (Å²) in [4.78, 5) is 10.2. The van der Waals surface area contributed by atoms with E-state index >= 15 is 0 Å². The summed E-state index contributed by atoms with van der Waals surface area (Å²) in [6.07, 6.45) is 1.65. The molecule has 0 radical (unpaired) electrons. The Morgan fingerprint density at radius 1 is 1.43 bits per heavy atom. The molecule has 1 aromatic rings. The summed E-state index contributed by atoms with van der Waals surface area (Å²) in [5, 5.41) is 8.38. The number of rotatable bonds is 2. The molecule has 0 heterocycles. The summed E-state index contributed by atoms with van der Waals surface area (Å²) in [7, 11) is 0. The Morgan fingerprint density at radius 2 is 1.86 bits per heavy atom. The molecule has 0 aliphatic carbocycles. The number of carbonyl (C=O) groups is 1. The molecule has 0 aromatic heterocycles. The Balaban J connectivity index is 0. The molecule has 1 aromatic carbocycles. The Labute approximate surface area is 83.6 Å². The van der Waals surface area contributed by atoms with E-state index in [0.29, 0.717) is 12.1 Å². The van der Waals surface area contributed by atoms with Gasteiger partial charge in [0.2, 0.25) is 0 Å². The largest absolute Gasteiger partial charge is 0.478 e. The lowest BCUT2D eigenvalue weighted by molar-refractivity contribution is 0.0697. The van der Waals surface area contributed by atoms with Gasteiger partial charge in [0, 0.05) is 6.54 Å². The molecule has 0 saturated heterocycles. The van der Waals surface area contributed by atoms with Crippen molar-refractivity contribution in [3.05, 3.63) is 48.6 Å². The highest BCUT2D eigenvalue weighted by Gasteiger charge is 1.96.